The van der Waals surface area contributed by atoms with Gasteiger partial charge in [-0.1, -0.05) is 12.1 Å². The molecule has 0 radical (unpaired) electrons. The molecule has 0 amide bonds. The monoisotopic (exact) mass is 289 g/mol. The lowest BCUT2D eigenvalue weighted by Crippen LogP contribution is -2.43. The Balaban J connectivity index is 1.95. The number of rotatable bonds is 6. The maximum Gasteiger partial charge on any atom is 0.419 e. The van der Waals surface area contributed by atoms with Gasteiger partial charge in [0.05, 0.1) is 5.56 Å². The number of alkyl halides is 3. The van der Waals surface area contributed by atoms with Crippen LogP contribution in [0.15, 0.2) is 24.3 Å². The second kappa shape index (κ2) is 5.61. The van der Waals surface area contributed by atoms with Gasteiger partial charge in [-0.15, -0.1) is 0 Å². The van der Waals surface area contributed by atoms with E-state index < -0.39 is 17.3 Å². The first-order valence-electron chi connectivity index (χ1n) is 6.53. The standard InChI is InChI=1S/C14H18F3NO2/c1-13(19,8-18-10-6-7-10)9-20-12-5-3-2-4-11(12)14(15,16)17/h2-5,10,18-19H,6-9H2,1H3. The molecule has 0 aliphatic heterocycles. The molecule has 20 heavy (non-hydrogen) atoms. The van der Waals surface area contributed by atoms with Crippen molar-refractivity contribution in [1.82, 2.24) is 5.32 Å². The molecule has 1 unspecified atom stereocenters. The van der Waals surface area contributed by atoms with Gasteiger partial charge in [-0.25, -0.2) is 0 Å². The summed E-state index contributed by atoms with van der Waals surface area (Å²) in [7, 11) is 0. The van der Waals surface area contributed by atoms with Crippen molar-refractivity contribution in [2.75, 3.05) is 13.2 Å². The van der Waals surface area contributed by atoms with Crippen molar-refractivity contribution >= 4 is 0 Å². The third-order valence-electron chi connectivity index (χ3n) is 3.08. The van der Waals surface area contributed by atoms with Crippen molar-refractivity contribution < 1.29 is 23.0 Å². The van der Waals surface area contributed by atoms with Crippen molar-refractivity contribution in [3.63, 3.8) is 0 Å². The number of halogens is 3. The van der Waals surface area contributed by atoms with Gasteiger partial charge in [0.2, 0.25) is 0 Å². The zero-order valence-electron chi connectivity index (χ0n) is 11.2. The number of ether oxygens (including phenoxy) is 1. The lowest BCUT2D eigenvalue weighted by molar-refractivity contribution is -0.139. The average Bonchev–Trinajstić information content (AvgIpc) is 3.18. The van der Waals surface area contributed by atoms with Gasteiger partial charge in [-0.05, 0) is 31.9 Å². The molecule has 1 aromatic carbocycles. The Morgan fingerprint density at radius 3 is 2.55 bits per heavy atom. The van der Waals surface area contributed by atoms with E-state index in [1.165, 1.54) is 18.2 Å². The van der Waals surface area contributed by atoms with E-state index in [-0.39, 0.29) is 12.4 Å². The molecule has 1 aliphatic rings. The summed E-state index contributed by atoms with van der Waals surface area (Å²) in [5, 5.41) is 13.2. The van der Waals surface area contributed by atoms with Gasteiger partial charge in [0, 0.05) is 12.6 Å². The molecule has 6 heteroatoms. The van der Waals surface area contributed by atoms with E-state index in [9.17, 15) is 18.3 Å². The van der Waals surface area contributed by atoms with E-state index in [2.05, 4.69) is 5.32 Å². The molecule has 1 saturated carbocycles. The van der Waals surface area contributed by atoms with Crippen LogP contribution >= 0.6 is 0 Å². The van der Waals surface area contributed by atoms with Gasteiger partial charge in [0.15, 0.2) is 0 Å². The SMILES string of the molecule is CC(O)(CNC1CC1)COc1ccccc1C(F)(F)F. The van der Waals surface area contributed by atoms with Gasteiger partial charge in [-0.2, -0.15) is 13.2 Å². The largest absolute Gasteiger partial charge is 0.490 e. The number of aliphatic hydroxyl groups is 1. The van der Waals surface area contributed by atoms with Gasteiger partial charge in [-0.3, -0.25) is 0 Å². The van der Waals surface area contributed by atoms with Crippen LogP contribution in [0.5, 0.6) is 5.75 Å². The topological polar surface area (TPSA) is 41.5 Å². The predicted molar refractivity (Wildman–Crippen MR) is 68.6 cm³/mol. The zero-order chi connectivity index (χ0) is 14.8. The minimum Gasteiger partial charge on any atom is -0.490 e. The highest BCUT2D eigenvalue weighted by Crippen LogP contribution is 2.36. The number of para-hydroxylation sites is 1. The Morgan fingerprint density at radius 1 is 1.30 bits per heavy atom. The summed E-state index contributed by atoms with van der Waals surface area (Å²) in [6.07, 6.45) is -2.31. The minimum absolute atomic E-state index is 0.195. The van der Waals surface area contributed by atoms with Gasteiger partial charge >= 0.3 is 6.18 Å². The van der Waals surface area contributed by atoms with Crippen LogP contribution in [-0.4, -0.2) is 29.9 Å². The molecule has 112 valence electrons. The molecule has 0 aromatic heterocycles. The molecule has 1 atom stereocenters. The number of hydrogen-bond donors (Lipinski definition) is 2. The lowest BCUT2D eigenvalue weighted by atomic mass is 10.1. The van der Waals surface area contributed by atoms with Crippen LogP contribution in [0.1, 0.15) is 25.3 Å². The van der Waals surface area contributed by atoms with Crippen LogP contribution in [0.3, 0.4) is 0 Å². The zero-order valence-corrected chi connectivity index (χ0v) is 11.2. The third-order valence-corrected chi connectivity index (χ3v) is 3.08. The Labute approximate surface area is 115 Å². The Bertz CT molecular complexity index is 456. The highest BCUT2D eigenvalue weighted by Gasteiger charge is 2.35. The molecule has 0 spiro atoms. The molecular weight excluding hydrogens is 271 g/mol. The first-order chi connectivity index (χ1) is 9.28. The second-order valence-electron chi connectivity index (χ2n) is 5.43. The van der Waals surface area contributed by atoms with Crippen LogP contribution in [0, 0.1) is 0 Å². The fourth-order valence-electron chi connectivity index (χ4n) is 1.76. The maximum atomic E-state index is 12.8. The molecule has 1 aliphatic carbocycles. The first-order valence-corrected chi connectivity index (χ1v) is 6.53. The molecule has 0 bridgehead atoms. The van der Waals surface area contributed by atoms with Gasteiger partial charge < -0.3 is 15.2 Å². The van der Waals surface area contributed by atoms with Gasteiger partial charge in [0.1, 0.15) is 18.0 Å². The van der Waals surface area contributed by atoms with E-state index in [0.717, 1.165) is 18.9 Å². The summed E-state index contributed by atoms with van der Waals surface area (Å²) < 4.78 is 43.5. The van der Waals surface area contributed by atoms with E-state index in [1.807, 2.05) is 0 Å². The van der Waals surface area contributed by atoms with Crippen molar-refractivity contribution in [2.45, 2.75) is 37.6 Å². The molecule has 0 saturated heterocycles. The molecule has 3 nitrogen and oxygen atoms in total. The maximum absolute atomic E-state index is 12.8. The van der Waals surface area contributed by atoms with Crippen LogP contribution in [0.2, 0.25) is 0 Å². The first kappa shape index (κ1) is 15.1. The number of benzene rings is 1. The van der Waals surface area contributed by atoms with Crippen LogP contribution in [0.4, 0.5) is 13.2 Å². The molecule has 2 N–H and O–H groups in total. The fourth-order valence-corrected chi connectivity index (χ4v) is 1.76. The predicted octanol–water partition coefficient (Wildman–Crippen LogP) is 2.59. The van der Waals surface area contributed by atoms with Crippen molar-refractivity contribution in [2.24, 2.45) is 0 Å². The number of hydrogen-bond acceptors (Lipinski definition) is 3. The fraction of sp³-hybridized carbons (Fsp3) is 0.571. The van der Waals surface area contributed by atoms with E-state index in [0.29, 0.717) is 12.6 Å². The Morgan fingerprint density at radius 2 is 1.95 bits per heavy atom. The smallest absolute Gasteiger partial charge is 0.419 e. The second-order valence-corrected chi connectivity index (χ2v) is 5.43. The normalized spacial score (nSPS) is 18.6. The summed E-state index contributed by atoms with van der Waals surface area (Å²) in [4.78, 5) is 0. The van der Waals surface area contributed by atoms with E-state index in [4.69, 9.17) is 4.74 Å². The summed E-state index contributed by atoms with van der Waals surface area (Å²) in [6, 6.07) is 5.42. The van der Waals surface area contributed by atoms with Gasteiger partial charge in [0.25, 0.3) is 0 Å². The van der Waals surface area contributed by atoms with Crippen molar-refractivity contribution in [1.29, 1.82) is 0 Å². The third kappa shape index (κ3) is 4.38. The average molecular weight is 289 g/mol. The quantitative estimate of drug-likeness (QED) is 0.846. The Hall–Kier alpha value is -1.27. The van der Waals surface area contributed by atoms with Crippen LogP contribution in [0.25, 0.3) is 0 Å². The summed E-state index contributed by atoms with van der Waals surface area (Å²) in [6.45, 7) is 1.64. The Kier molecular flexibility index (Phi) is 4.25. The number of nitrogens with one attached hydrogen (secondary N) is 1. The van der Waals surface area contributed by atoms with E-state index in [1.54, 1.807) is 6.92 Å². The lowest BCUT2D eigenvalue weighted by Gasteiger charge is -2.25. The highest BCUT2D eigenvalue weighted by atomic mass is 19.4. The summed E-state index contributed by atoms with van der Waals surface area (Å²) in [5.74, 6) is -0.258. The molecule has 1 fully saturated rings. The minimum atomic E-state index is -4.46. The van der Waals surface area contributed by atoms with E-state index >= 15 is 0 Å². The summed E-state index contributed by atoms with van der Waals surface area (Å²) >= 11 is 0. The molecule has 1 aromatic rings. The van der Waals surface area contributed by atoms with Crippen molar-refractivity contribution in [3.05, 3.63) is 29.8 Å². The molecule has 2 rings (SSSR count). The molecular formula is C14H18F3NO2. The van der Waals surface area contributed by atoms with Crippen LogP contribution in [-0.2, 0) is 6.18 Å². The summed E-state index contributed by atoms with van der Waals surface area (Å²) in [5.41, 5.74) is -2.03. The van der Waals surface area contributed by atoms with Crippen LogP contribution < -0.4 is 10.1 Å². The van der Waals surface area contributed by atoms with Crippen molar-refractivity contribution in [3.8, 4) is 5.75 Å². The highest BCUT2D eigenvalue weighted by molar-refractivity contribution is 5.35. The molecule has 0 heterocycles.